The second-order valence-electron chi connectivity index (χ2n) is 5.18. The standard InChI is InChI=1S/C12H22N4O6/c1-12(2,3)22-11(19)15-9(10(17)18)8-21-7-6-20-5-4-14-16-13/h9H,4-8H2,1-3H3,(H,15,19)(H,17,18)/t9-/m0/s1. The molecular formula is C12H22N4O6. The average Bonchev–Trinajstić information content (AvgIpc) is 2.38. The van der Waals surface area contributed by atoms with Crippen LogP contribution in [0.2, 0.25) is 0 Å². The zero-order chi connectivity index (χ0) is 17.0. The molecular weight excluding hydrogens is 296 g/mol. The Bertz CT molecular complexity index is 403. The molecule has 0 bridgehead atoms. The molecule has 0 aliphatic rings. The zero-order valence-electron chi connectivity index (χ0n) is 12.9. The molecule has 0 saturated carbocycles. The van der Waals surface area contributed by atoms with E-state index in [2.05, 4.69) is 15.3 Å². The van der Waals surface area contributed by atoms with E-state index in [0.717, 1.165) is 0 Å². The Balaban J connectivity index is 3.93. The summed E-state index contributed by atoms with van der Waals surface area (Å²) in [5.74, 6) is -1.23. The number of carbonyl (C=O) groups is 2. The van der Waals surface area contributed by atoms with Gasteiger partial charge in [0.05, 0.1) is 26.4 Å². The van der Waals surface area contributed by atoms with E-state index in [9.17, 15) is 9.59 Å². The quantitative estimate of drug-likeness (QED) is 0.269. The van der Waals surface area contributed by atoms with E-state index in [-0.39, 0.29) is 33.0 Å². The van der Waals surface area contributed by atoms with Crippen LogP contribution in [0.25, 0.3) is 10.4 Å². The fourth-order valence-electron chi connectivity index (χ4n) is 1.20. The molecule has 0 spiro atoms. The topological polar surface area (TPSA) is 143 Å². The SMILES string of the molecule is CC(C)(C)OC(=O)N[C@@H](COCCOCCN=[N+]=[N-])C(=O)O. The summed E-state index contributed by atoms with van der Waals surface area (Å²) in [6, 6.07) is -1.21. The van der Waals surface area contributed by atoms with Gasteiger partial charge in [0.1, 0.15) is 5.60 Å². The van der Waals surface area contributed by atoms with Gasteiger partial charge >= 0.3 is 12.1 Å². The first-order valence-electron chi connectivity index (χ1n) is 6.65. The van der Waals surface area contributed by atoms with Gasteiger partial charge in [-0.25, -0.2) is 9.59 Å². The van der Waals surface area contributed by atoms with Crippen molar-refractivity contribution in [1.82, 2.24) is 5.32 Å². The number of amides is 1. The van der Waals surface area contributed by atoms with Crippen LogP contribution in [0.15, 0.2) is 5.11 Å². The number of carboxylic acid groups (broad SMARTS) is 1. The lowest BCUT2D eigenvalue weighted by Gasteiger charge is -2.22. The normalized spacial score (nSPS) is 12.1. The number of aliphatic carboxylic acids is 1. The van der Waals surface area contributed by atoms with E-state index in [0.29, 0.717) is 0 Å². The molecule has 0 fully saturated rings. The highest BCUT2D eigenvalue weighted by Gasteiger charge is 2.23. The summed E-state index contributed by atoms with van der Waals surface area (Å²) in [7, 11) is 0. The van der Waals surface area contributed by atoms with E-state index in [1.165, 1.54) is 0 Å². The number of hydrogen-bond acceptors (Lipinski definition) is 6. The smallest absolute Gasteiger partial charge is 0.408 e. The van der Waals surface area contributed by atoms with Crippen LogP contribution in [-0.2, 0) is 19.0 Å². The molecule has 22 heavy (non-hydrogen) atoms. The minimum atomic E-state index is -1.23. The highest BCUT2D eigenvalue weighted by molar-refractivity contribution is 5.80. The summed E-state index contributed by atoms with van der Waals surface area (Å²) in [4.78, 5) is 25.1. The minimum absolute atomic E-state index is 0.149. The lowest BCUT2D eigenvalue weighted by molar-refractivity contribution is -0.141. The van der Waals surface area contributed by atoms with Gasteiger partial charge < -0.3 is 24.6 Å². The molecule has 0 aromatic heterocycles. The molecule has 0 aliphatic heterocycles. The first-order chi connectivity index (χ1) is 10.3. The van der Waals surface area contributed by atoms with E-state index >= 15 is 0 Å². The van der Waals surface area contributed by atoms with Crippen molar-refractivity contribution in [3.63, 3.8) is 0 Å². The Morgan fingerprint density at radius 1 is 1.27 bits per heavy atom. The van der Waals surface area contributed by atoms with Gasteiger partial charge in [-0.05, 0) is 26.3 Å². The number of alkyl carbamates (subject to hydrolysis) is 1. The Hall–Kier alpha value is -2.03. The van der Waals surface area contributed by atoms with Crippen molar-refractivity contribution in [2.45, 2.75) is 32.4 Å². The molecule has 0 aromatic rings. The van der Waals surface area contributed by atoms with Crippen LogP contribution in [0.1, 0.15) is 20.8 Å². The Morgan fingerprint density at radius 3 is 2.45 bits per heavy atom. The van der Waals surface area contributed by atoms with Gasteiger partial charge in [0, 0.05) is 11.5 Å². The Kier molecular flexibility index (Phi) is 9.68. The van der Waals surface area contributed by atoms with Crippen LogP contribution in [0.3, 0.4) is 0 Å². The maximum absolute atomic E-state index is 11.5. The molecule has 0 saturated heterocycles. The van der Waals surface area contributed by atoms with E-state index in [1.54, 1.807) is 20.8 Å². The number of ether oxygens (including phenoxy) is 3. The van der Waals surface area contributed by atoms with Crippen molar-refractivity contribution in [2.75, 3.05) is 33.0 Å². The summed E-state index contributed by atoms with van der Waals surface area (Å²) in [6.07, 6.45) is -0.825. The van der Waals surface area contributed by atoms with E-state index < -0.39 is 23.7 Å². The van der Waals surface area contributed by atoms with E-state index in [1.807, 2.05) is 0 Å². The maximum atomic E-state index is 11.5. The predicted octanol–water partition coefficient (Wildman–Crippen LogP) is 1.31. The largest absolute Gasteiger partial charge is 0.480 e. The number of hydrogen-bond donors (Lipinski definition) is 2. The second-order valence-corrected chi connectivity index (χ2v) is 5.18. The van der Waals surface area contributed by atoms with Gasteiger partial charge in [-0.1, -0.05) is 5.11 Å². The molecule has 0 unspecified atom stereocenters. The summed E-state index contributed by atoms with van der Waals surface area (Å²) >= 11 is 0. The number of carbonyl (C=O) groups excluding carboxylic acids is 1. The molecule has 10 nitrogen and oxygen atoms in total. The van der Waals surface area contributed by atoms with Crippen molar-refractivity contribution in [1.29, 1.82) is 0 Å². The fraction of sp³-hybridized carbons (Fsp3) is 0.833. The fourth-order valence-corrected chi connectivity index (χ4v) is 1.20. The van der Waals surface area contributed by atoms with Crippen LogP contribution in [-0.4, -0.2) is 61.8 Å². The molecule has 0 aromatic carbocycles. The van der Waals surface area contributed by atoms with Crippen LogP contribution in [0.5, 0.6) is 0 Å². The number of nitrogens with zero attached hydrogens (tertiary/aromatic N) is 3. The second kappa shape index (κ2) is 10.7. The zero-order valence-corrected chi connectivity index (χ0v) is 12.9. The van der Waals surface area contributed by atoms with Gasteiger partial charge in [0.25, 0.3) is 0 Å². The van der Waals surface area contributed by atoms with Crippen molar-refractivity contribution in [2.24, 2.45) is 5.11 Å². The predicted molar refractivity (Wildman–Crippen MR) is 76.4 cm³/mol. The minimum Gasteiger partial charge on any atom is -0.480 e. The summed E-state index contributed by atoms with van der Waals surface area (Å²) in [5, 5.41) is 14.5. The molecule has 0 rings (SSSR count). The number of carboxylic acids is 1. The number of azide groups is 1. The van der Waals surface area contributed by atoms with Crippen molar-refractivity contribution >= 4 is 12.1 Å². The monoisotopic (exact) mass is 318 g/mol. The first kappa shape index (κ1) is 20.0. The van der Waals surface area contributed by atoms with Gasteiger partial charge in [0.2, 0.25) is 0 Å². The highest BCUT2D eigenvalue weighted by atomic mass is 16.6. The number of rotatable bonds is 10. The van der Waals surface area contributed by atoms with Gasteiger partial charge in [-0.2, -0.15) is 0 Å². The Morgan fingerprint density at radius 2 is 1.91 bits per heavy atom. The van der Waals surface area contributed by atoms with Crippen LogP contribution >= 0.6 is 0 Å². The molecule has 2 N–H and O–H groups in total. The summed E-state index contributed by atoms with van der Waals surface area (Å²) in [5.41, 5.74) is 7.33. The molecule has 10 heteroatoms. The number of nitrogens with one attached hydrogen (secondary N) is 1. The highest BCUT2D eigenvalue weighted by Crippen LogP contribution is 2.06. The first-order valence-corrected chi connectivity index (χ1v) is 6.65. The van der Waals surface area contributed by atoms with Crippen molar-refractivity contribution in [3.05, 3.63) is 10.4 Å². The maximum Gasteiger partial charge on any atom is 0.408 e. The van der Waals surface area contributed by atoms with Crippen LogP contribution in [0, 0.1) is 0 Å². The van der Waals surface area contributed by atoms with Crippen molar-refractivity contribution in [3.8, 4) is 0 Å². The van der Waals surface area contributed by atoms with Gasteiger partial charge in [0.15, 0.2) is 6.04 Å². The third kappa shape index (κ3) is 11.8. The van der Waals surface area contributed by atoms with E-state index in [4.69, 9.17) is 24.8 Å². The van der Waals surface area contributed by atoms with Gasteiger partial charge in [-0.3, -0.25) is 0 Å². The van der Waals surface area contributed by atoms with Crippen molar-refractivity contribution < 1.29 is 28.9 Å². The van der Waals surface area contributed by atoms with Crippen LogP contribution < -0.4 is 5.32 Å². The third-order valence-electron chi connectivity index (χ3n) is 2.04. The third-order valence-corrected chi connectivity index (χ3v) is 2.04. The molecule has 1 amide bonds. The van der Waals surface area contributed by atoms with Gasteiger partial charge in [-0.15, -0.1) is 0 Å². The molecule has 1 atom stereocenters. The molecule has 0 aliphatic carbocycles. The molecule has 0 heterocycles. The van der Waals surface area contributed by atoms with Crippen LogP contribution in [0.4, 0.5) is 4.79 Å². The Labute approximate surface area is 128 Å². The average molecular weight is 318 g/mol. The lowest BCUT2D eigenvalue weighted by Crippen LogP contribution is -2.46. The summed E-state index contributed by atoms with van der Waals surface area (Å²) < 4.78 is 15.2. The summed E-state index contributed by atoms with van der Waals surface area (Å²) in [6.45, 7) is 5.65. The molecule has 0 radical (unpaired) electrons. The lowest BCUT2D eigenvalue weighted by atomic mass is 10.2. The molecule has 126 valence electrons.